The van der Waals surface area contributed by atoms with E-state index in [0.717, 1.165) is 12.8 Å². The van der Waals surface area contributed by atoms with Gasteiger partial charge in [-0.05, 0) is 37.7 Å². The molecule has 1 saturated carbocycles. The molecule has 8 nitrogen and oxygen atoms in total. The quantitative estimate of drug-likeness (QED) is 0.680. The van der Waals surface area contributed by atoms with Crippen LogP contribution in [0.2, 0.25) is 0 Å². The molecule has 25 heavy (non-hydrogen) atoms. The summed E-state index contributed by atoms with van der Waals surface area (Å²) < 4.78 is 0. The zero-order chi connectivity index (χ0) is 18.0. The zero-order valence-corrected chi connectivity index (χ0v) is 13.8. The third-order valence-corrected chi connectivity index (χ3v) is 4.92. The lowest BCUT2D eigenvalue weighted by Crippen LogP contribution is -2.41. The van der Waals surface area contributed by atoms with E-state index in [4.69, 9.17) is 4.84 Å². The lowest BCUT2D eigenvalue weighted by molar-refractivity contribution is -0.201. The van der Waals surface area contributed by atoms with Gasteiger partial charge in [-0.1, -0.05) is 0 Å². The molecule has 0 aromatic heterocycles. The van der Waals surface area contributed by atoms with Crippen molar-refractivity contribution in [2.24, 2.45) is 11.8 Å². The summed E-state index contributed by atoms with van der Waals surface area (Å²) in [5.41, 5.74) is 0. The summed E-state index contributed by atoms with van der Waals surface area (Å²) in [6.07, 6.45) is 5.35. The first-order chi connectivity index (χ1) is 11.9. The number of imide groups is 1. The fourth-order valence-corrected chi connectivity index (χ4v) is 3.46. The van der Waals surface area contributed by atoms with E-state index in [-0.39, 0.29) is 42.9 Å². The third-order valence-electron chi connectivity index (χ3n) is 4.92. The maximum atomic E-state index is 12.2. The maximum absolute atomic E-state index is 12.2. The first-order valence-electron chi connectivity index (χ1n) is 8.51. The number of rotatable bonds is 4. The van der Waals surface area contributed by atoms with E-state index in [1.54, 1.807) is 0 Å². The second-order valence-electron chi connectivity index (χ2n) is 6.73. The number of hydroxylamine groups is 2. The Bertz CT molecular complexity index is 632. The van der Waals surface area contributed by atoms with Gasteiger partial charge in [-0.15, -0.1) is 5.06 Å². The number of nitrogens with zero attached hydrogens (tertiary/aromatic N) is 2. The van der Waals surface area contributed by atoms with Crippen LogP contribution in [0.1, 0.15) is 38.5 Å². The van der Waals surface area contributed by atoms with Crippen molar-refractivity contribution < 1.29 is 28.8 Å². The van der Waals surface area contributed by atoms with Crippen molar-refractivity contribution in [1.29, 1.82) is 0 Å². The van der Waals surface area contributed by atoms with Gasteiger partial charge in [-0.2, -0.15) is 0 Å². The van der Waals surface area contributed by atoms with E-state index in [1.807, 2.05) is 0 Å². The number of ketones is 1. The van der Waals surface area contributed by atoms with Gasteiger partial charge >= 0.3 is 5.97 Å². The van der Waals surface area contributed by atoms with Crippen LogP contribution >= 0.6 is 0 Å². The minimum Gasteiger partial charge on any atom is -0.331 e. The van der Waals surface area contributed by atoms with Crippen molar-refractivity contribution in [3.63, 3.8) is 0 Å². The monoisotopic (exact) mass is 348 g/mol. The Kier molecular flexibility index (Phi) is 4.96. The molecular weight excluding hydrogens is 328 g/mol. The molecule has 8 heteroatoms. The Morgan fingerprint density at radius 2 is 1.64 bits per heavy atom. The second-order valence-corrected chi connectivity index (χ2v) is 6.73. The molecule has 0 atom stereocenters. The number of hydrogen-bond donors (Lipinski definition) is 0. The molecule has 1 saturated heterocycles. The summed E-state index contributed by atoms with van der Waals surface area (Å²) >= 11 is 0. The minimum absolute atomic E-state index is 0.0792. The molecule has 0 radical (unpaired) electrons. The SMILES string of the molecule is O=C1C=CC(=O)N(CC2CCC(C(=O)ON3C(=O)CCC3=O)CC2)C1. The molecule has 2 fully saturated rings. The topological polar surface area (TPSA) is 101 Å². The average molecular weight is 348 g/mol. The second kappa shape index (κ2) is 7.16. The molecule has 134 valence electrons. The van der Waals surface area contributed by atoms with Crippen molar-refractivity contribution in [2.75, 3.05) is 13.1 Å². The standard InChI is InChI=1S/C17H20N2O6/c20-13-5-6-14(21)18(10-13)9-11-1-3-12(4-2-11)17(24)25-19-15(22)7-8-16(19)23/h5-6,11-12H,1-4,7-10H2. The van der Waals surface area contributed by atoms with Crippen molar-refractivity contribution in [2.45, 2.75) is 38.5 Å². The van der Waals surface area contributed by atoms with Crippen LogP contribution in [-0.2, 0) is 28.8 Å². The molecule has 3 aliphatic rings. The van der Waals surface area contributed by atoms with Gasteiger partial charge in [-0.25, -0.2) is 4.79 Å². The van der Waals surface area contributed by atoms with Crippen LogP contribution in [0.25, 0.3) is 0 Å². The van der Waals surface area contributed by atoms with Gasteiger partial charge in [0.15, 0.2) is 5.78 Å². The number of hydrogen-bond acceptors (Lipinski definition) is 6. The summed E-state index contributed by atoms with van der Waals surface area (Å²) in [6.45, 7) is 0.607. The maximum Gasteiger partial charge on any atom is 0.336 e. The molecule has 3 rings (SSSR count). The molecule has 0 spiro atoms. The Hall–Kier alpha value is -2.51. The minimum atomic E-state index is -0.547. The van der Waals surface area contributed by atoms with Gasteiger partial charge in [-0.3, -0.25) is 19.2 Å². The van der Waals surface area contributed by atoms with E-state index >= 15 is 0 Å². The highest BCUT2D eigenvalue weighted by Gasteiger charge is 2.36. The Labute approximate surface area is 144 Å². The Balaban J connectivity index is 1.47. The highest BCUT2D eigenvalue weighted by molar-refractivity contribution is 6.04. The van der Waals surface area contributed by atoms with Crippen LogP contribution < -0.4 is 0 Å². The third kappa shape index (κ3) is 3.94. The van der Waals surface area contributed by atoms with Gasteiger partial charge in [0.25, 0.3) is 11.8 Å². The predicted octanol–water partition coefficient (Wildman–Crippen LogP) is 0.367. The molecule has 2 aliphatic heterocycles. The molecule has 0 unspecified atom stereocenters. The Morgan fingerprint density at radius 1 is 1.00 bits per heavy atom. The van der Waals surface area contributed by atoms with Crippen molar-refractivity contribution >= 4 is 29.5 Å². The van der Waals surface area contributed by atoms with Crippen LogP contribution in [0.5, 0.6) is 0 Å². The summed E-state index contributed by atoms with van der Waals surface area (Å²) in [5.74, 6) is -1.88. The Morgan fingerprint density at radius 3 is 2.28 bits per heavy atom. The van der Waals surface area contributed by atoms with E-state index in [2.05, 4.69) is 0 Å². The lowest BCUT2D eigenvalue weighted by Gasteiger charge is -2.32. The normalized spacial score (nSPS) is 27.2. The summed E-state index contributed by atoms with van der Waals surface area (Å²) in [5, 5.41) is 0.582. The molecule has 2 heterocycles. The van der Waals surface area contributed by atoms with Crippen LogP contribution in [0.3, 0.4) is 0 Å². The highest BCUT2D eigenvalue weighted by Crippen LogP contribution is 2.31. The first-order valence-corrected chi connectivity index (χ1v) is 8.51. The van der Waals surface area contributed by atoms with E-state index in [9.17, 15) is 24.0 Å². The highest BCUT2D eigenvalue weighted by atomic mass is 16.7. The molecule has 0 aromatic rings. The van der Waals surface area contributed by atoms with Gasteiger partial charge in [0.1, 0.15) is 0 Å². The number of carbonyl (C=O) groups is 5. The van der Waals surface area contributed by atoms with Crippen LogP contribution in [0, 0.1) is 11.8 Å². The average Bonchev–Trinajstić information content (AvgIpc) is 2.91. The molecule has 0 N–H and O–H groups in total. The predicted molar refractivity (Wildman–Crippen MR) is 83.4 cm³/mol. The van der Waals surface area contributed by atoms with E-state index < -0.39 is 17.8 Å². The molecular formula is C17H20N2O6. The number of carbonyl (C=O) groups excluding carboxylic acids is 5. The molecule has 3 amide bonds. The molecule has 0 bridgehead atoms. The van der Waals surface area contributed by atoms with Gasteiger partial charge in [0.05, 0.1) is 12.5 Å². The van der Waals surface area contributed by atoms with Gasteiger partial charge < -0.3 is 9.74 Å². The van der Waals surface area contributed by atoms with Crippen LogP contribution in [-0.4, -0.2) is 52.5 Å². The van der Waals surface area contributed by atoms with E-state index in [1.165, 1.54) is 17.1 Å². The zero-order valence-electron chi connectivity index (χ0n) is 13.8. The fraction of sp³-hybridized carbons (Fsp3) is 0.588. The van der Waals surface area contributed by atoms with E-state index in [0.29, 0.717) is 24.4 Å². The lowest BCUT2D eigenvalue weighted by atomic mass is 9.81. The summed E-state index contributed by atoms with van der Waals surface area (Å²) in [4.78, 5) is 64.8. The molecule has 0 aromatic carbocycles. The first kappa shape index (κ1) is 17.3. The van der Waals surface area contributed by atoms with Crippen molar-refractivity contribution in [3.8, 4) is 0 Å². The fourth-order valence-electron chi connectivity index (χ4n) is 3.46. The summed E-state index contributed by atoms with van der Waals surface area (Å²) in [6, 6.07) is 0. The van der Waals surface area contributed by atoms with Gasteiger partial charge in [0, 0.05) is 25.5 Å². The van der Waals surface area contributed by atoms with Crippen LogP contribution in [0.4, 0.5) is 0 Å². The molecule has 1 aliphatic carbocycles. The largest absolute Gasteiger partial charge is 0.336 e. The van der Waals surface area contributed by atoms with Crippen molar-refractivity contribution in [3.05, 3.63) is 12.2 Å². The smallest absolute Gasteiger partial charge is 0.331 e. The van der Waals surface area contributed by atoms with Gasteiger partial charge in [0.2, 0.25) is 5.91 Å². The number of amides is 3. The summed E-state index contributed by atoms with van der Waals surface area (Å²) in [7, 11) is 0. The van der Waals surface area contributed by atoms with Crippen molar-refractivity contribution in [1.82, 2.24) is 9.96 Å². The van der Waals surface area contributed by atoms with Crippen LogP contribution in [0.15, 0.2) is 12.2 Å².